The Morgan fingerprint density at radius 3 is 2.54 bits per heavy atom. The van der Waals surface area contributed by atoms with Crippen LogP contribution in [0.2, 0.25) is 10.0 Å². The molecule has 1 N–H and O–H groups in total. The minimum absolute atomic E-state index is 0.180. The van der Waals surface area contributed by atoms with Crippen LogP contribution in [0.1, 0.15) is 11.1 Å². The Morgan fingerprint density at radius 2 is 1.83 bits per heavy atom. The molecule has 0 aliphatic heterocycles. The number of ether oxygens (including phenoxy) is 1. The van der Waals surface area contributed by atoms with Crippen molar-refractivity contribution in [1.29, 1.82) is 0 Å². The van der Waals surface area contributed by atoms with Gasteiger partial charge in [0.25, 0.3) is 5.91 Å². The molecule has 4 nitrogen and oxygen atoms in total. The maximum absolute atomic E-state index is 13.4. The van der Waals surface area contributed by atoms with Crippen LogP contribution in [0.15, 0.2) is 42.5 Å². The molecule has 0 saturated heterocycles. The van der Waals surface area contributed by atoms with E-state index in [1.165, 1.54) is 18.2 Å². The summed E-state index contributed by atoms with van der Waals surface area (Å²) in [6.45, 7) is -0.266. The van der Waals surface area contributed by atoms with Crippen LogP contribution in [0.3, 0.4) is 0 Å². The zero-order valence-corrected chi connectivity index (χ0v) is 14.0. The second-order valence-electron chi connectivity index (χ2n) is 4.94. The lowest BCUT2D eigenvalue weighted by molar-refractivity contribution is -0.147. The maximum Gasteiger partial charge on any atom is 0.310 e. The van der Waals surface area contributed by atoms with Crippen molar-refractivity contribution in [2.75, 3.05) is 6.61 Å². The molecule has 2 aromatic rings. The van der Waals surface area contributed by atoms with E-state index >= 15 is 0 Å². The van der Waals surface area contributed by atoms with Crippen molar-refractivity contribution < 1.29 is 18.7 Å². The summed E-state index contributed by atoms with van der Waals surface area (Å²) in [5.74, 6) is -1.65. The van der Waals surface area contributed by atoms with E-state index in [1.807, 2.05) is 0 Å². The van der Waals surface area contributed by atoms with Crippen LogP contribution in [0.5, 0.6) is 0 Å². The highest BCUT2D eigenvalue weighted by molar-refractivity contribution is 6.35. The Morgan fingerprint density at radius 1 is 1.08 bits per heavy atom. The molecule has 0 saturated carbocycles. The summed E-state index contributed by atoms with van der Waals surface area (Å²) >= 11 is 11.8. The molecule has 0 unspecified atom stereocenters. The van der Waals surface area contributed by atoms with Gasteiger partial charge in [0.2, 0.25) is 0 Å². The van der Waals surface area contributed by atoms with Crippen molar-refractivity contribution in [3.8, 4) is 0 Å². The third-order valence-corrected chi connectivity index (χ3v) is 3.73. The largest absolute Gasteiger partial charge is 0.455 e. The van der Waals surface area contributed by atoms with Gasteiger partial charge in [0.1, 0.15) is 5.82 Å². The highest BCUT2D eigenvalue weighted by Gasteiger charge is 2.11. The van der Waals surface area contributed by atoms with Crippen LogP contribution in [0.25, 0.3) is 0 Å². The van der Waals surface area contributed by atoms with E-state index in [0.717, 1.165) is 0 Å². The SMILES string of the molecule is O=C(COC(=O)Cc1ccccc1F)NCc1ccc(Cl)cc1Cl. The number of halogens is 3. The quantitative estimate of drug-likeness (QED) is 0.792. The molecule has 24 heavy (non-hydrogen) atoms. The summed E-state index contributed by atoms with van der Waals surface area (Å²) in [5, 5.41) is 3.50. The van der Waals surface area contributed by atoms with Gasteiger partial charge in [-0.2, -0.15) is 0 Å². The highest BCUT2D eigenvalue weighted by Crippen LogP contribution is 2.20. The van der Waals surface area contributed by atoms with Gasteiger partial charge in [0.05, 0.1) is 6.42 Å². The number of hydrogen-bond donors (Lipinski definition) is 1. The lowest BCUT2D eigenvalue weighted by atomic mass is 10.1. The van der Waals surface area contributed by atoms with Gasteiger partial charge in [0, 0.05) is 16.6 Å². The summed E-state index contributed by atoms with van der Waals surface area (Å²) in [5.41, 5.74) is 0.906. The first-order valence-electron chi connectivity index (χ1n) is 7.05. The van der Waals surface area contributed by atoms with Gasteiger partial charge in [-0.25, -0.2) is 4.39 Å². The fraction of sp³-hybridized carbons (Fsp3) is 0.176. The number of amides is 1. The van der Waals surface area contributed by atoms with Crippen molar-refractivity contribution in [3.05, 3.63) is 69.5 Å². The average molecular weight is 370 g/mol. The van der Waals surface area contributed by atoms with E-state index in [4.69, 9.17) is 27.9 Å². The molecule has 0 spiro atoms. The van der Waals surface area contributed by atoms with Crippen LogP contribution in [0.4, 0.5) is 4.39 Å². The molecule has 126 valence electrons. The Bertz CT molecular complexity index is 752. The molecule has 0 aromatic heterocycles. The van der Waals surface area contributed by atoms with Gasteiger partial charge >= 0.3 is 5.97 Å². The van der Waals surface area contributed by atoms with Crippen molar-refractivity contribution in [2.45, 2.75) is 13.0 Å². The molecule has 0 atom stereocenters. The van der Waals surface area contributed by atoms with Gasteiger partial charge in [-0.15, -0.1) is 0 Å². The van der Waals surface area contributed by atoms with Gasteiger partial charge in [-0.3, -0.25) is 9.59 Å². The van der Waals surface area contributed by atoms with E-state index in [0.29, 0.717) is 15.6 Å². The summed E-state index contributed by atoms with van der Waals surface area (Å²) < 4.78 is 18.2. The Labute approximate surface area is 148 Å². The van der Waals surface area contributed by atoms with Crippen molar-refractivity contribution >= 4 is 35.1 Å². The lowest BCUT2D eigenvalue weighted by Crippen LogP contribution is -2.28. The molecule has 0 aliphatic carbocycles. The smallest absolute Gasteiger partial charge is 0.310 e. The fourth-order valence-electron chi connectivity index (χ4n) is 1.90. The third-order valence-electron chi connectivity index (χ3n) is 3.15. The number of benzene rings is 2. The number of hydrogen-bond acceptors (Lipinski definition) is 3. The second-order valence-corrected chi connectivity index (χ2v) is 5.78. The molecular weight excluding hydrogens is 356 g/mol. The van der Waals surface area contributed by atoms with Crippen LogP contribution in [-0.4, -0.2) is 18.5 Å². The zero-order chi connectivity index (χ0) is 17.5. The summed E-state index contributed by atoms with van der Waals surface area (Å²) in [4.78, 5) is 23.3. The fourth-order valence-corrected chi connectivity index (χ4v) is 2.38. The minimum Gasteiger partial charge on any atom is -0.455 e. The first kappa shape index (κ1) is 18.2. The number of carbonyl (C=O) groups excluding carboxylic acids is 2. The van der Waals surface area contributed by atoms with Crippen molar-refractivity contribution in [1.82, 2.24) is 5.32 Å². The molecule has 0 radical (unpaired) electrons. The van der Waals surface area contributed by atoms with E-state index in [1.54, 1.807) is 24.3 Å². The van der Waals surface area contributed by atoms with Gasteiger partial charge in [-0.05, 0) is 29.3 Å². The van der Waals surface area contributed by atoms with E-state index in [2.05, 4.69) is 5.32 Å². The lowest BCUT2D eigenvalue weighted by Gasteiger charge is -2.08. The molecule has 0 heterocycles. The number of carbonyl (C=O) groups is 2. The Hall–Kier alpha value is -2.11. The van der Waals surface area contributed by atoms with Crippen LogP contribution >= 0.6 is 23.2 Å². The molecule has 0 bridgehead atoms. The molecule has 2 aromatic carbocycles. The molecule has 0 fully saturated rings. The second kappa shape index (κ2) is 8.66. The first-order chi connectivity index (χ1) is 11.5. The summed E-state index contributed by atoms with van der Waals surface area (Å²) in [7, 11) is 0. The first-order valence-corrected chi connectivity index (χ1v) is 7.81. The summed E-state index contributed by atoms with van der Waals surface area (Å²) in [6, 6.07) is 10.8. The van der Waals surface area contributed by atoms with Crippen LogP contribution < -0.4 is 5.32 Å². The van der Waals surface area contributed by atoms with Gasteiger partial charge in [0.15, 0.2) is 6.61 Å². The topological polar surface area (TPSA) is 55.4 Å². The van der Waals surface area contributed by atoms with Crippen LogP contribution in [-0.2, 0) is 27.3 Å². The molecule has 7 heteroatoms. The van der Waals surface area contributed by atoms with Gasteiger partial charge in [-0.1, -0.05) is 47.5 Å². The number of esters is 1. The number of rotatable bonds is 6. The number of nitrogens with one attached hydrogen (secondary N) is 1. The van der Waals surface area contributed by atoms with E-state index in [-0.39, 0.29) is 18.5 Å². The maximum atomic E-state index is 13.4. The predicted octanol–water partition coefficient (Wildman–Crippen LogP) is 3.53. The van der Waals surface area contributed by atoms with Crippen molar-refractivity contribution in [2.24, 2.45) is 0 Å². The average Bonchev–Trinajstić information content (AvgIpc) is 2.54. The minimum atomic E-state index is -0.681. The van der Waals surface area contributed by atoms with Crippen molar-refractivity contribution in [3.63, 3.8) is 0 Å². The normalized spacial score (nSPS) is 10.3. The molecule has 1 amide bonds. The van der Waals surface area contributed by atoms with Gasteiger partial charge < -0.3 is 10.1 Å². The van der Waals surface area contributed by atoms with E-state index in [9.17, 15) is 14.0 Å². The Balaban J connectivity index is 1.76. The molecular formula is C17H14Cl2FNO3. The Kier molecular flexibility index (Phi) is 6.58. The van der Waals surface area contributed by atoms with E-state index < -0.39 is 24.3 Å². The predicted molar refractivity (Wildman–Crippen MR) is 89.4 cm³/mol. The molecule has 2 rings (SSSR count). The standard InChI is InChI=1S/C17H14Cl2FNO3/c18-13-6-5-12(14(19)8-13)9-21-16(22)10-24-17(23)7-11-3-1-2-4-15(11)20/h1-6,8H,7,9-10H2,(H,21,22). The molecule has 0 aliphatic rings. The highest BCUT2D eigenvalue weighted by atomic mass is 35.5. The summed E-state index contributed by atoms with van der Waals surface area (Å²) in [6.07, 6.45) is -0.233. The zero-order valence-electron chi connectivity index (χ0n) is 12.5. The third kappa shape index (κ3) is 5.51. The monoisotopic (exact) mass is 369 g/mol. The van der Waals surface area contributed by atoms with Crippen LogP contribution in [0, 0.1) is 5.82 Å².